The molecule has 1 aromatic rings. The number of benzene rings is 1. The SMILES string of the molecule is N#Cc1ccccc1NC(=O)CCC(=O)N1CCNCC1. The summed E-state index contributed by atoms with van der Waals surface area (Å²) in [4.78, 5) is 25.6. The number of piperazine rings is 1. The molecule has 0 atom stereocenters. The van der Waals surface area contributed by atoms with Gasteiger partial charge in [-0.25, -0.2) is 0 Å². The van der Waals surface area contributed by atoms with Crippen LogP contribution in [0.5, 0.6) is 0 Å². The number of nitrogens with one attached hydrogen (secondary N) is 2. The van der Waals surface area contributed by atoms with E-state index in [1.807, 2.05) is 6.07 Å². The van der Waals surface area contributed by atoms with Crippen molar-refractivity contribution in [3.8, 4) is 6.07 Å². The Bertz CT molecular complexity index is 559. The highest BCUT2D eigenvalue weighted by Crippen LogP contribution is 2.14. The van der Waals surface area contributed by atoms with Crippen LogP contribution in [0.25, 0.3) is 0 Å². The van der Waals surface area contributed by atoms with Gasteiger partial charge in [-0.15, -0.1) is 0 Å². The Kier molecular flexibility index (Phi) is 5.29. The predicted octanol–water partition coefficient (Wildman–Crippen LogP) is 0.709. The molecule has 1 saturated heterocycles. The van der Waals surface area contributed by atoms with E-state index < -0.39 is 0 Å². The average molecular weight is 286 g/mol. The van der Waals surface area contributed by atoms with Crippen LogP contribution in [0.1, 0.15) is 18.4 Å². The molecule has 0 saturated carbocycles. The summed E-state index contributed by atoms with van der Waals surface area (Å²) in [5.41, 5.74) is 0.902. The number of nitriles is 1. The fourth-order valence-corrected chi connectivity index (χ4v) is 2.20. The third-order valence-electron chi connectivity index (χ3n) is 3.36. The van der Waals surface area contributed by atoms with Crippen LogP contribution in [0.3, 0.4) is 0 Å². The van der Waals surface area contributed by atoms with E-state index in [0.29, 0.717) is 24.3 Å². The molecule has 2 rings (SSSR count). The van der Waals surface area contributed by atoms with Crippen LogP contribution in [0.15, 0.2) is 24.3 Å². The minimum atomic E-state index is -0.249. The molecule has 0 radical (unpaired) electrons. The van der Waals surface area contributed by atoms with Crippen molar-refractivity contribution in [2.75, 3.05) is 31.5 Å². The Morgan fingerprint density at radius 2 is 1.95 bits per heavy atom. The van der Waals surface area contributed by atoms with E-state index in [4.69, 9.17) is 5.26 Å². The number of para-hydroxylation sites is 1. The maximum atomic E-state index is 11.9. The van der Waals surface area contributed by atoms with Crippen LogP contribution in [-0.4, -0.2) is 42.9 Å². The zero-order chi connectivity index (χ0) is 15.1. The molecule has 0 unspecified atom stereocenters. The topological polar surface area (TPSA) is 85.2 Å². The summed E-state index contributed by atoms with van der Waals surface area (Å²) in [6, 6.07) is 8.83. The van der Waals surface area contributed by atoms with E-state index >= 15 is 0 Å². The lowest BCUT2D eigenvalue weighted by Crippen LogP contribution is -2.46. The Balaban J connectivity index is 1.82. The lowest BCUT2D eigenvalue weighted by Gasteiger charge is -2.27. The molecule has 6 heteroatoms. The van der Waals surface area contributed by atoms with Crippen molar-refractivity contribution >= 4 is 17.5 Å². The lowest BCUT2D eigenvalue weighted by atomic mass is 10.2. The summed E-state index contributed by atoms with van der Waals surface area (Å²) >= 11 is 0. The first kappa shape index (κ1) is 15.0. The first-order valence-electron chi connectivity index (χ1n) is 6.98. The summed E-state index contributed by atoms with van der Waals surface area (Å²) in [7, 11) is 0. The molecule has 0 bridgehead atoms. The molecule has 1 aliphatic heterocycles. The highest BCUT2D eigenvalue weighted by atomic mass is 16.2. The number of carbonyl (C=O) groups excluding carboxylic acids is 2. The highest BCUT2D eigenvalue weighted by Gasteiger charge is 2.17. The molecule has 21 heavy (non-hydrogen) atoms. The molecular weight excluding hydrogens is 268 g/mol. The quantitative estimate of drug-likeness (QED) is 0.853. The zero-order valence-corrected chi connectivity index (χ0v) is 11.8. The van der Waals surface area contributed by atoms with Gasteiger partial charge in [-0.2, -0.15) is 5.26 Å². The molecule has 1 aromatic carbocycles. The minimum Gasteiger partial charge on any atom is -0.340 e. The summed E-state index contributed by atoms with van der Waals surface area (Å²) in [6.45, 7) is 2.98. The molecule has 0 aromatic heterocycles. The molecule has 110 valence electrons. The van der Waals surface area contributed by atoms with Crippen molar-refractivity contribution in [3.63, 3.8) is 0 Å². The second-order valence-electron chi connectivity index (χ2n) is 4.84. The average Bonchev–Trinajstić information content (AvgIpc) is 2.54. The van der Waals surface area contributed by atoms with E-state index in [9.17, 15) is 9.59 Å². The number of hydrogen-bond acceptors (Lipinski definition) is 4. The smallest absolute Gasteiger partial charge is 0.224 e. The number of amides is 2. The first-order chi connectivity index (χ1) is 10.2. The zero-order valence-electron chi connectivity index (χ0n) is 11.8. The van der Waals surface area contributed by atoms with Crippen molar-refractivity contribution in [2.24, 2.45) is 0 Å². The normalized spacial score (nSPS) is 14.3. The van der Waals surface area contributed by atoms with Crippen molar-refractivity contribution in [2.45, 2.75) is 12.8 Å². The summed E-state index contributed by atoms with van der Waals surface area (Å²) < 4.78 is 0. The molecular formula is C15H18N4O2. The second-order valence-corrected chi connectivity index (χ2v) is 4.84. The second kappa shape index (κ2) is 7.41. The number of carbonyl (C=O) groups is 2. The van der Waals surface area contributed by atoms with Gasteiger partial charge in [0.25, 0.3) is 0 Å². The van der Waals surface area contributed by atoms with Gasteiger partial charge >= 0.3 is 0 Å². The number of anilines is 1. The Labute approximate surface area is 123 Å². The minimum absolute atomic E-state index is 0.000202. The number of hydrogen-bond donors (Lipinski definition) is 2. The molecule has 2 N–H and O–H groups in total. The van der Waals surface area contributed by atoms with Gasteiger partial charge in [0.1, 0.15) is 6.07 Å². The Morgan fingerprint density at radius 1 is 1.24 bits per heavy atom. The van der Waals surface area contributed by atoms with Gasteiger partial charge in [-0.1, -0.05) is 12.1 Å². The van der Waals surface area contributed by atoms with Crippen LogP contribution in [-0.2, 0) is 9.59 Å². The highest BCUT2D eigenvalue weighted by molar-refractivity contribution is 5.94. The molecule has 1 fully saturated rings. The van der Waals surface area contributed by atoms with Crippen molar-refractivity contribution in [1.82, 2.24) is 10.2 Å². The number of nitrogens with zero attached hydrogens (tertiary/aromatic N) is 2. The summed E-state index contributed by atoms with van der Waals surface area (Å²) in [5, 5.41) is 14.8. The largest absolute Gasteiger partial charge is 0.340 e. The van der Waals surface area contributed by atoms with E-state index in [2.05, 4.69) is 10.6 Å². The van der Waals surface area contributed by atoms with E-state index in [1.165, 1.54) is 0 Å². The van der Waals surface area contributed by atoms with Crippen molar-refractivity contribution in [1.29, 1.82) is 5.26 Å². The molecule has 2 amide bonds. The lowest BCUT2D eigenvalue weighted by molar-refractivity contribution is -0.133. The third-order valence-corrected chi connectivity index (χ3v) is 3.36. The van der Waals surface area contributed by atoms with Crippen LogP contribution < -0.4 is 10.6 Å². The summed E-state index contributed by atoms with van der Waals surface area (Å²) in [5.74, 6) is -0.249. The Morgan fingerprint density at radius 3 is 2.67 bits per heavy atom. The maximum Gasteiger partial charge on any atom is 0.224 e. The third kappa shape index (κ3) is 4.29. The monoisotopic (exact) mass is 286 g/mol. The van der Waals surface area contributed by atoms with Crippen LogP contribution in [0.4, 0.5) is 5.69 Å². The van der Waals surface area contributed by atoms with Crippen LogP contribution >= 0.6 is 0 Å². The van der Waals surface area contributed by atoms with Crippen molar-refractivity contribution < 1.29 is 9.59 Å². The summed E-state index contributed by atoms with van der Waals surface area (Å²) in [6.07, 6.45) is 0.322. The van der Waals surface area contributed by atoms with E-state index in [-0.39, 0.29) is 24.7 Å². The van der Waals surface area contributed by atoms with E-state index in [1.54, 1.807) is 29.2 Å². The van der Waals surface area contributed by atoms with Crippen LogP contribution in [0, 0.1) is 11.3 Å². The van der Waals surface area contributed by atoms with Crippen molar-refractivity contribution in [3.05, 3.63) is 29.8 Å². The van der Waals surface area contributed by atoms with Gasteiger partial charge in [-0.05, 0) is 12.1 Å². The van der Waals surface area contributed by atoms with Gasteiger partial charge in [0.05, 0.1) is 11.3 Å². The maximum absolute atomic E-state index is 11.9. The molecule has 0 aliphatic carbocycles. The van der Waals surface area contributed by atoms with Crippen LogP contribution in [0.2, 0.25) is 0 Å². The van der Waals surface area contributed by atoms with Gasteiger partial charge in [0.2, 0.25) is 11.8 Å². The molecule has 1 heterocycles. The fourth-order valence-electron chi connectivity index (χ4n) is 2.20. The van der Waals surface area contributed by atoms with Gasteiger partial charge < -0.3 is 15.5 Å². The molecule has 1 aliphatic rings. The number of rotatable bonds is 4. The molecule has 0 spiro atoms. The fraction of sp³-hybridized carbons (Fsp3) is 0.400. The van der Waals surface area contributed by atoms with Gasteiger partial charge in [0, 0.05) is 39.0 Å². The van der Waals surface area contributed by atoms with Gasteiger partial charge in [0.15, 0.2) is 0 Å². The molecule has 6 nitrogen and oxygen atoms in total. The standard InChI is InChI=1S/C15H18N4O2/c16-11-12-3-1-2-4-13(12)18-14(20)5-6-15(21)19-9-7-17-8-10-19/h1-4,17H,5-10H2,(H,18,20). The Hall–Kier alpha value is -2.39. The predicted molar refractivity (Wildman–Crippen MR) is 78.5 cm³/mol. The van der Waals surface area contributed by atoms with Gasteiger partial charge in [-0.3, -0.25) is 9.59 Å². The first-order valence-corrected chi connectivity index (χ1v) is 6.98. The van der Waals surface area contributed by atoms with E-state index in [0.717, 1.165) is 13.1 Å².